The van der Waals surface area contributed by atoms with E-state index in [9.17, 15) is 0 Å². The van der Waals surface area contributed by atoms with Crippen LogP contribution in [0.4, 0.5) is 0 Å². The van der Waals surface area contributed by atoms with Gasteiger partial charge in [0.15, 0.2) is 0 Å². The van der Waals surface area contributed by atoms with Gasteiger partial charge in [-0.05, 0) is 17.8 Å². The molecular weight excluding hydrogens is 83.5 g/mol. The fraction of sp³-hybridized carbons (Fsp3) is 1.00. The second kappa shape index (κ2) is 0.199. The first kappa shape index (κ1) is 1.83. The molecule has 5 heavy (non-hydrogen) atoms. The normalized spacial score (nSPS) is 104. The predicted molar refractivity (Wildman–Crippen MR) is 19.1 cm³/mol. The topological polar surface area (TPSA) is 0 Å². The summed E-state index contributed by atoms with van der Waals surface area (Å²) >= 11 is 5.75. The molecule has 0 N–H and O–H groups in total. The van der Waals surface area contributed by atoms with E-state index in [1.807, 2.05) is 0 Å². The first-order valence-electron chi connectivity index (χ1n) is 2.06. The van der Waals surface area contributed by atoms with Crippen LogP contribution in [0, 0.1) is 17.8 Å². The highest BCUT2D eigenvalue weighted by Crippen LogP contribution is 3.06. The highest BCUT2D eigenvalue weighted by atomic mass is 35.5. The number of alkyl halides is 1. The lowest BCUT2D eigenvalue weighted by atomic mass is 11.0. The highest BCUT2D eigenvalue weighted by molar-refractivity contribution is 6.34. The van der Waals surface area contributed by atoms with Crippen LogP contribution in [0.1, 0.15) is 0 Å². The van der Waals surface area contributed by atoms with E-state index < -0.39 is 0 Å². The summed E-state index contributed by atoms with van der Waals surface area (Å²) in [6.07, 6.45) is 0. The standard InChI is InChI=1S/C4H3Cl/c5-4-1-2(4)3(1)4/h1-3H. The minimum absolute atomic E-state index is 0.472. The molecule has 4 saturated carbocycles. The van der Waals surface area contributed by atoms with E-state index in [1.54, 1.807) is 0 Å². The monoisotopic (exact) mass is 86.0 g/mol. The van der Waals surface area contributed by atoms with Gasteiger partial charge in [0.2, 0.25) is 0 Å². The molecule has 0 aromatic rings. The molecule has 4 aliphatic carbocycles. The van der Waals surface area contributed by atoms with Crippen LogP contribution in [0.2, 0.25) is 0 Å². The molecule has 0 heterocycles. The molecule has 26 valence electrons. The third kappa shape index (κ3) is 0.0453. The molecule has 4 aliphatic rings. The zero-order valence-corrected chi connectivity index (χ0v) is 3.37. The smallest absolute Gasteiger partial charge is 0.0551 e. The first-order valence-corrected chi connectivity index (χ1v) is 2.43. The Morgan fingerprint density at radius 2 is 1.40 bits per heavy atom. The summed E-state index contributed by atoms with van der Waals surface area (Å²) in [5.74, 6) is 3.14. The first-order chi connectivity index (χ1) is 2.37. The van der Waals surface area contributed by atoms with Crippen LogP contribution in [0.5, 0.6) is 0 Å². The van der Waals surface area contributed by atoms with Gasteiger partial charge in [-0.15, -0.1) is 11.6 Å². The maximum Gasteiger partial charge on any atom is 0.0551 e. The van der Waals surface area contributed by atoms with Crippen LogP contribution in [-0.2, 0) is 0 Å². The number of halogens is 1. The van der Waals surface area contributed by atoms with E-state index in [0.29, 0.717) is 4.87 Å². The van der Waals surface area contributed by atoms with Gasteiger partial charge in [0.1, 0.15) is 0 Å². The van der Waals surface area contributed by atoms with Crippen molar-refractivity contribution in [1.82, 2.24) is 0 Å². The quantitative estimate of drug-likeness (QED) is 0.384. The third-order valence-corrected chi connectivity index (χ3v) is 2.98. The minimum Gasteiger partial charge on any atom is -0.118 e. The van der Waals surface area contributed by atoms with Gasteiger partial charge in [0.25, 0.3) is 0 Å². The Kier molecular flexibility index (Phi) is 0.0728. The van der Waals surface area contributed by atoms with E-state index in [2.05, 4.69) is 0 Å². The molecule has 1 heteroatoms. The van der Waals surface area contributed by atoms with Crippen LogP contribution in [0.15, 0.2) is 0 Å². The predicted octanol–water partition coefficient (Wildman–Crippen LogP) is 0.853. The van der Waals surface area contributed by atoms with Crippen molar-refractivity contribution >= 4 is 11.6 Å². The molecular formula is C4H3Cl. The molecule has 0 unspecified atom stereocenters. The van der Waals surface area contributed by atoms with Gasteiger partial charge in [0.05, 0.1) is 4.87 Å². The zero-order valence-electron chi connectivity index (χ0n) is 2.61. The lowest BCUT2D eigenvalue weighted by Gasteiger charge is -1.52. The van der Waals surface area contributed by atoms with Crippen molar-refractivity contribution < 1.29 is 0 Å². The van der Waals surface area contributed by atoms with Gasteiger partial charge in [0, 0.05) is 0 Å². The summed E-state index contributed by atoms with van der Waals surface area (Å²) in [6.45, 7) is 0. The van der Waals surface area contributed by atoms with Crippen molar-refractivity contribution in [3.8, 4) is 0 Å². The average Bonchev–Trinajstić information content (AvgIpc) is 1.63. The molecule has 0 atom stereocenters. The summed E-state index contributed by atoms with van der Waals surface area (Å²) in [7, 11) is 0. The summed E-state index contributed by atoms with van der Waals surface area (Å²) in [6, 6.07) is 0. The molecule has 0 aromatic carbocycles. The van der Waals surface area contributed by atoms with E-state index in [0.717, 1.165) is 17.8 Å². The molecule has 4 fully saturated rings. The van der Waals surface area contributed by atoms with Gasteiger partial charge in [-0.3, -0.25) is 0 Å². The summed E-state index contributed by atoms with van der Waals surface area (Å²) in [4.78, 5) is 0.472. The Morgan fingerprint density at radius 3 is 1.40 bits per heavy atom. The van der Waals surface area contributed by atoms with Crippen molar-refractivity contribution in [3.63, 3.8) is 0 Å². The molecule has 0 radical (unpaired) electrons. The molecule has 0 aromatic heterocycles. The van der Waals surface area contributed by atoms with Gasteiger partial charge in [-0.25, -0.2) is 0 Å². The van der Waals surface area contributed by atoms with Crippen LogP contribution in [0.25, 0.3) is 0 Å². The number of rotatable bonds is 0. The summed E-state index contributed by atoms with van der Waals surface area (Å²) < 4.78 is 0. The Hall–Kier alpha value is 0.290. The fourth-order valence-electron chi connectivity index (χ4n) is 1.25. The fourth-order valence-corrected chi connectivity index (χ4v) is 1.87. The minimum atomic E-state index is 0.472. The largest absolute Gasteiger partial charge is 0.118 e. The van der Waals surface area contributed by atoms with Gasteiger partial charge in [-0.2, -0.15) is 0 Å². The maximum atomic E-state index is 5.75. The van der Waals surface area contributed by atoms with Gasteiger partial charge >= 0.3 is 0 Å². The van der Waals surface area contributed by atoms with Crippen LogP contribution in [0.3, 0.4) is 0 Å². The van der Waals surface area contributed by atoms with Crippen molar-refractivity contribution in [2.24, 2.45) is 17.8 Å². The Morgan fingerprint density at radius 1 is 1.20 bits per heavy atom. The molecule has 0 spiro atoms. The molecule has 0 bridgehead atoms. The number of hydrogen-bond donors (Lipinski definition) is 0. The van der Waals surface area contributed by atoms with Gasteiger partial charge in [-0.1, -0.05) is 0 Å². The zero-order chi connectivity index (χ0) is 3.23. The second-order valence-corrected chi connectivity index (χ2v) is 3.06. The Labute approximate surface area is 35.1 Å². The summed E-state index contributed by atoms with van der Waals surface area (Å²) in [5.41, 5.74) is 0. The Balaban J connectivity index is 2.55. The van der Waals surface area contributed by atoms with Gasteiger partial charge < -0.3 is 0 Å². The lowest BCUT2D eigenvalue weighted by Crippen LogP contribution is -1.51. The van der Waals surface area contributed by atoms with Crippen LogP contribution >= 0.6 is 11.6 Å². The van der Waals surface area contributed by atoms with E-state index in [1.165, 1.54) is 0 Å². The Bertz CT molecular complexity index is 91.0. The van der Waals surface area contributed by atoms with E-state index >= 15 is 0 Å². The molecule has 0 saturated heterocycles. The second-order valence-electron chi connectivity index (χ2n) is 2.40. The SMILES string of the molecule is ClC12C3C1C32. The molecule has 0 aliphatic heterocycles. The van der Waals surface area contributed by atoms with E-state index in [4.69, 9.17) is 11.6 Å². The van der Waals surface area contributed by atoms with Crippen LogP contribution in [-0.4, -0.2) is 4.87 Å². The third-order valence-electron chi connectivity index (χ3n) is 2.23. The van der Waals surface area contributed by atoms with Crippen molar-refractivity contribution in [1.29, 1.82) is 0 Å². The molecule has 0 nitrogen and oxygen atoms in total. The van der Waals surface area contributed by atoms with Crippen molar-refractivity contribution in [3.05, 3.63) is 0 Å². The van der Waals surface area contributed by atoms with E-state index in [-0.39, 0.29) is 0 Å². The number of hydrogen-bond acceptors (Lipinski definition) is 0. The van der Waals surface area contributed by atoms with Crippen molar-refractivity contribution in [2.45, 2.75) is 4.87 Å². The van der Waals surface area contributed by atoms with Crippen LogP contribution < -0.4 is 0 Å². The summed E-state index contributed by atoms with van der Waals surface area (Å²) in [5, 5.41) is 0. The molecule has 0 amide bonds. The molecule has 4 rings (SSSR count). The maximum absolute atomic E-state index is 5.75. The lowest BCUT2D eigenvalue weighted by molar-refractivity contribution is 1.43. The highest BCUT2D eigenvalue weighted by Gasteiger charge is 3.09. The average molecular weight is 86.5 g/mol. The van der Waals surface area contributed by atoms with Crippen molar-refractivity contribution in [2.75, 3.05) is 0 Å².